The lowest BCUT2D eigenvalue weighted by Gasteiger charge is -2.40. The monoisotopic (exact) mass is 780 g/mol. The lowest BCUT2D eigenvalue weighted by molar-refractivity contribution is -0.316. The van der Waals surface area contributed by atoms with Crippen molar-refractivity contribution in [3.8, 4) is 11.5 Å². The molecule has 0 bridgehead atoms. The highest BCUT2D eigenvalue weighted by molar-refractivity contribution is 6.07. The number of para-hydroxylation sites is 4. The maximum absolute atomic E-state index is 13.5. The summed E-state index contributed by atoms with van der Waals surface area (Å²) in [5.74, 6) is -1.43. The number of benzene rings is 6. The van der Waals surface area contributed by atoms with Crippen LogP contribution >= 0.6 is 0 Å². The fourth-order valence-electron chi connectivity index (χ4n) is 5.83. The zero-order chi connectivity index (χ0) is 43.6. The molecule has 6 heteroatoms. The van der Waals surface area contributed by atoms with Gasteiger partial charge >= 0.3 is 0 Å². The van der Waals surface area contributed by atoms with Crippen LogP contribution in [0.15, 0.2) is 169 Å². The smallest absolute Gasteiger partial charge is 0.125 e. The van der Waals surface area contributed by atoms with Crippen molar-refractivity contribution in [2.45, 2.75) is 83.1 Å². The highest BCUT2D eigenvalue weighted by atomic mass is 16.3. The summed E-state index contributed by atoms with van der Waals surface area (Å²) in [7, 11) is 0. The van der Waals surface area contributed by atoms with Crippen LogP contribution in [0, 0.1) is 0 Å². The number of hydrogen-bond donors (Lipinski definition) is 2. The molecule has 0 saturated carbocycles. The second-order valence-electron chi connectivity index (χ2n) is 10.8. The van der Waals surface area contributed by atoms with Gasteiger partial charge in [-0.15, -0.1) is 0 Å². The van der Waals surface area contributed by atoms with Crippen LogP contribution in [0.3, 0.4) is 0 Å². The normalized spacial score (nSPS) is 10.6. The molecular weight excluding hydrogens is 717 g/mol. The number of nitrogens with zero attached hydrogens (tertiary/aromatic N) is 2. The van der Waals surface area contributed by atoms with Crippen molar-refractivity contribution < 1.29 is 20.4 Å². The number of allylic oxidation sites excluding steroid dienone is 2. The summed E-state index contributed by atoms with van der Waals surface area (Å²) < 4.78 is 0. The molecule has 0 aromatic heterocycles. The predicted octanol–water partition coefficient (Wildman–Crippen LogP) is 14.1. The third-order valence-corrected chi connectivity index (χ3v) is 7.98. The quantitative estimate of drug-likeness (QED) is 0.160. The SMILES string of the molecule is CC.CC.CC.CC.CC.CC.[O-]C1=C(c2ccc(N(c3ccccc3)c3ccccc3)cc2O)C([O-])=C1c1ccc(N(c2ccccc2)c2ccccc2)cc1O. The molecule has 7 rings (SSSR count). The summed E-state index contributed by atoms with van der Waals surface area (Å²) >= 11 is 0. The van der Waals surface area contributed by atoms with Gasteiger partial charge in [-0.25, -0.2) is 0 Å². The van der Waals surface area contributed by atoms with Crippen LogP contribution in [0.5, 0.6) is 11.5 Å². The van der Waals surface area contributed by atoms with Crippen molar-refractivity contribution in [1.82, 2.24) is 0 Å². The first-order valence-electron chi connectivity index (χ1n) is 20.8. The molecule has 0 saturated heterocycles. The third kappa shape index (κ3) is 11.8. The first kappa shape index (κ1) is 49.6. The van der Waals surface area contributed by atoms with Gasteiger partial charge in [-0.2, -0.15) is 0 Å². The average molecular weight is 781 g/mol. The highest BCUT2D eigenvalue weighted by Gasteiger charge is 2.25. The Hall–Kier alpha value is -6.40. The van der Waals surface area contributed by atoms with Crippen molar-refractivity contribution in [3.63, 3.8) is 0 Å². The van der Waals surface area contributed by atoms with Crippen molar-refractivity contribution >= 4 is 45.3 Å². The van der Waals surface area contributed by atoms with Crippen LogP contribution in [0.25, 0.3) is 11.1 Å². The molecule has 6 aromatic rings. The van der Waals surface area contributed by atoms with E-state index in [0.29, 0.717) is 11.4 Å². The minimum atomic E-state index is -0.526. The second kappa shape index (κ2) is 27.2. The Labute approximate surface area is 349 Å². The van der Waals surface area contributed by atoms with Gasteiger partial charge in [0.2, 0.25) is 0 Å². The van der Waals surface area contributed by atoms with Gasteiger partial charge in [0.1, 0.15) is 11.5 Å². The summed E-state index contributed by atoms with van der Waals surface area (Å²) in [6, 6.07) is 48.7. The fourth-order valence-corrected chi connectivity index (χ4v) is 5.83. The lowest BCUT2D eigenvalue weighted by Crippen LogP contribution is -2.27. The van der Waals surface area contributed by atoms with E-state index in [0.717, 1.165) is 22.7 Å². The molecule has 0 aliphatic heterocycles. The molecule has 58 heavy (non-hydrogen) atoms. The van der Waals surface area contributed by atoms with Crippen molar-refractivity contribution in [2.75, 3.05) is 9.80 Å². The first-order valence-corrected chi connectivity index (χ1v) is 20.8. The fraction of sp³-hybridized carbons (Fsp3) is 0.231. The summed E-state index contributed by atoms with van der Waals surface area (Å²) in [4.78, 5) is 3.95. The van der Waals surface area contributed by atoms with Gasteiger partial charge < -0.3 is 30.2 Å². The number of hydrogen-bond acceptors (Lipinski definition) is 6. The lowest BCUT2D eigenvalue weighted by atomic mass is 9.83. The van der Waals surface area contributed by atoms with Crippen LogP contribution < -0.4 is 20.0 Å². The third-order valence-electron chi connectivity index (χ3n) is 7.98. The van der Waals surface area contributed by atoms with Crippen molar-refractivity contribution in [2.24, 2.45) is 0 Å². The Morgan fingerprint density at radius 3 is 0.741 bits per heavy atom. The summed E-state index contributed by atoms with van der Waals surface area (Å²) in [6.07, 6.45) is 0. The highest BCUT2D eigenvalue weighted by Crippen LogP contribution is 2.48. The van der Waals surface area contributed by atoms with Crippen molar-refractivity contribution in [3.05, 3.63) is 180 Å². The van der Waals surface area contributed by atoms with Gasteiger partial charge in [0.05, 0.1) is 0 Å². The van der Waals surface area contributed by atoms with E-state index >= 15 is 0 Å². The largest absolute Gasteiger partial charge is 0.872 e. The Morgan fingerprint density at radius 2 is 0.534 bits per heavy atom. The standard InChI is InChI=1S/C40H30N2O4.6C2H6/c43-35-25-31(41(27-13-5-1-6-14-27)28-15-7-2-8-16-28)21-23-33(35)37-39(45)38(40(37)46)34-24-22-32(26-36(34)44)42(29-17-9-3-10-18-29)30-19-11-4-12-20-30;6*1-2/h1-26,43-46H;6*1-2H3/p-2. The van der Waals surface area contributed by atoms with E-state index in [1.807, 2.05) is 214 Å². The minimum absolute atomic E-state index is 0.108. The number of aromatic hydroxyl groups is 2. The molecule has 6 nitrogen and oxygen atoms in total. The number of phenols is 2. The maximum atomic E-state index is 13.5. The zero-order valence-corrected chi connectivity index (χ0v) is 36.6. The zero-order valence-electron chi connectivity index (χ0n) is 36.6. The Balaban J connectivity index is 0.00000129. The molecule has 0 atom stereocenters. The minimum Gasteiger partial charge on any atom is -0.872 e. The van der Waals surface area contributed by atoms with E-state index in [-0.39, 0.29) is 33.8 Å². The molecule has 0 unspecified atom stereocenters. The molecule has 2 N–H and O–H groups in total. The van der Waals surface area contributed by atoms with E-state index < -0.39 is 11.5 Å². The number of rotatable bonds is 8. The number of phenolic OH excluding ortho intramolecular Hbond substituents is 2. The van der Waals surface area contributed by atoms with Gasteiger partial charge in [0.25, 0.3) is 0 Å². The molecule has 6 aromatic carbocycles. The predicted molar refractivity (Wildman–Crippen MR) is 248 cm³/mol. The Bertz CT molecular complexity index is 1840. The molecule has 0 spiro atoms. The molecule has 308 valence electrons. The maximum Gasteiger partial charge on any atom is 0.125 e. The van der Waals surface area contributed by atoms with Crippen LogP contribution in [-0.2, 0) is 0 Å². The summed E-state index contributed by atoms with van der Waals surface area (Å²) in [6.45, 7) is 24.0. The molecule has 0 fully saturated rings. The van der Waals surface area contributed by atoms with Crippen LogP contribution in [0.4, 0.5) is 34.1 Å². The van der Waals surface area contributed by atoms with Crippen LogP contribution in [-0.4, -0.2) is 10.2 Å². The van der Waals surface area contributed by atoms with Crippen molar-refractivity contribution in [1.29, 1.82) is 0 Å². The van der Waals surface area contributed by atoms with Crippen LogP contribution in [0.1, 0.15) is 94.2 Å². The average Bonchev–Trinajstić information content (AvgIpc) is 3.31. The van der Waals surface area contributed by atoms with E-state index in [1.54, 1.807) is 36.4 Å². The topological polar surface area (TPSA) is 93.1 Å². The van der Waals surface area contributed by atoms with Gasteiger partial charge in [-0.05, 0) is 83.9 Å². The van der Waals surface area contributed by atoms with Gasteiger partial charge in [-0.1, -0.05) is 167 Å². The second-order valence-corrected chi connectivity index (χ2v) is 10.8. The van der Waals surface area contributed by atoms with E-state index in [4.69, 9.17) is 0 Å². The van der Waals surface area contributed by atoms with E-state index in [9.17, 15) is 20.4 Å². The van der Waals surface area contributed by atoms with E-state index in [2.05, 4.69) is 0 Å². The first-order chi connectivity index (χ1) is 28.5. The summed E-state index contributed by atoms with van der Waals surface area (Å²) in [5.41, 5.74) is 4.96. The van der Waals surface area contributed by atoms with Crippen LogP contribution in [0.2, 0.25) is 0 Å². The van der Waals surface area contributed by atoms with Gasteiger partial charge in [0, 0.05) is 57.4 Å². The van der Waals surface area contributed by atoms with Gasteiger partial charge in [-0.3, -0.25) is 0 Å². The summed E-state index contributed by atoms with van der Waals surface area (Å²) in [5, 5.41) is 49.2. The van der Waals surface area contributed by atoms with Gasteiger partial charge in [0.15, 0.2) is 0 Å². The number of anilines is 6. The van der Waals surface area contributed by atoms with E-state index in [1.165, 1.54) is 0 Å². The molecule has 0 amide bonds. The molecule has 0 heterocycles. The Morgan fingerprint density at radius 1 is 0.310 bits per heavy atom. The molecule has 0 radical (unpaired) electrons. The molecular formula is C52H64N2O4-2. The molecule has 1 aliphatic rings. The Kier molecular flexibility index (Phi) is 23.3. The molecule has 1 aliphatic carbocycles.